The molecule has 0 spiro atoms. The first-order chi connectivity index (χ1) is 8.15. The van der Waals surface area contributed by atoms with Crippen molar-refractivity contribution in [2.45, 2.75) is 13.0 Å². The van der Waals surface area contributed by atoms with Gasteiger partial charge >= 0.3 is 0 Å². The minimum absolute atomic E-state index is 0.138. The lowest BCUT2D eigenvalue weighted by Crippen LogP contribution is -2.06. The first-order valence-corrected chi connectivity index (χ1v) is 5.70. The second-order valence-corrected chi connectivity index (χ2v) is 4.21. The van der Waals surface area contributed by atoms with E-state index in [-0.39, 0.29) is 11.8 Å². The van der Waals surface area contributed by atoms with Gasteiger partial charge in [-0.25, -0.2) is 4.98 Å². The van der Waals surface area contributed by atoms with E-state index in [1.807, 2.05) is 25.1 Å². The summed E-state index contributed by atoms with van der Waals surface area (Å²) in [4.78, 5) is 4.00. The predicted molar refractivity (Wildman–Crippen MR) is 69.4 cm³/mol. The third kappa shape index (κ3) is 3.11. The van der Waals surface area contributed by atoms with Gasteiger partial charge < -0.3 is 10.4 Å². The number of aromatic nitrogens is 1. The number of rotatable bonds is 3. The van der Waals surface area contributed by atoms with Crippen LogP contribution in [0.25, 0.3) is 0 Å². The largest absolute Gasteiger partial charge is 0.508 e. The summed E-state index contributed by atoms with van der Waals surface area (Å²) in [5.41, 5.74) is 2.01. The molecule has 0 fully saturated rings. The summed E-state index contributed by atoms with van der Waals surface area (Å²) in [6.45, 7) is 2.04. The predicted octanol–water partition coefficient (Wildman–Crippen LogP) is 3.61. The van der Waals surface area contributed by atoms with Crippen LogP contribution in [0.2, 0.25) is 5.15 Å². The number of phenols is 1. The van der Waals surface area contributed by atoms with Crippen molar-refractivity contribution in [2.24, 2.45) is 0 Å². The Bertz CT molecular complexity index is 482. The van der Waals surface area contributed by atoms with Crippen molar-refractivity contribution in [2.75, 3.05) is 5.32 Å². The van der Waals surface area contributed by atoms with Gasteiger partial charge in [0, 0.05) is 6.04 Å². The Labute approximate surface area is 105 Å². The molecule has 1 aromatic heterocycles. The fraction of sp³-hybridized carbons (Fsp3) is 0.154. The molecule has 0 saturated heterocycles. The smallest absolute Gasteiger partial charge is 0.129 e. The number of pyridine rings is 1. The quantitative estimate of drug-likeness (QED) is 0.816. The highest BCUT2D eigenvalue weighted by Gasteiger charge is 2.05. The van der Waals surface area contributed by atoms with Gasteiger partial charge in [-0.15, -0.1) is 0 Å². The summed E-state index contributed by atoms with van der Waals surface area (Å²) >= 11 is 5.72. The van der Waals surface area contributed by atoms with Crippen molar-refractivity contribution in [1.82, 2.24) is 4.98 Å². The number of nitrogens with one attached hydrogen (secondary N) is 1. The molecule has 0 radical (unpaired) electrons. The van der Waals surface area contributed by atoms with Crippen LogP contribution in [0.3, 0.4) is 0 Å². The summed E-state index contributed by atoms with van der Waals surface area (Å²) in [5, 5.41) is 13.0. The van der Waals surface area contributed by atoms with Gasteiger partial charge in [-0.2, -0.15) is 0 Å². The Morgan fingerprint density at radius 3 is 2.47 bits per heavy atom. The fourth-order valence-electron chi connectivity index (χ4n) is 1.56. The number of aromatic hydroxyl groups is 1. The molecule has 0 saturated carbocycles. The molecule has 2 N–H and O–H groups in total. The average molecular weight is 249 g/mol. The normalized spacial score (nSPS) is 12.1. The third-order valence-corrected chi connectivity index (χ3v) is 2.73. The molecule has 1 aromatic carbocycles. The van der Waals surface area contributed by atoms with E-state index in [1.54, 1.807) is 24.4 Å². The number of halogens is 1. The summed E-state index contributed by atoms with van der Waals surface area (Å²) in [6, 6.07) is 10.9. The van der Waals surface area contributed by atoms with E-state index in [2.05, 4.69) is 10.3 Å². The van der Waals surface area contributed by atoms with Crippen LogP contribution in [-0.2, 0) is 0 Å². The fourth-order valence-corrected chi connectivity index (χ4v) is 1.67. The van der Waals surface area contributed by atoms with E-state index in [9.17, 15) is 5.11 Å². The van der Waals surface area contributed by atoms with Crippen LogP contribution in [0, 0.1) is 0 Å². The SMILES string of the molecule is CC(Nc1ccc(Cl)nc1)c1ccc(O)cc1. The lowest BCUT2D eigenvalue weighted by atomic mass is 10.1. The number of nitrogens with zero attached hydrogens (tertiary/aromatic N) is 1. The monoisotopic (exact) mass is 248 g/mol. The number of hydrogen-bond donors (Lipinski definition) is 2. The lowest BCUT2D eigenvalue weighted by Gasteiger charge is -2.15. The molecule has 2 aromatic rings. The molecule has 0 aliphatic carbocycles. The molecule has 0 aliphatic heterocycles. The summed E-state index contributed by atoms with van der Waals surface area (Å²) in [7, 11) is 0. The Hall–Kier alpha value is -1.74. The maximum atomic E-state index is 9.21. The summed E-state index contributed by atoms with van der Waals surface area (Å²) < 4.78 is 0. The van der Waals surface area contributed by atoms with Crippen LogP contribution in [0.5, 0.6) is 5.75 Å². The van der Waals surface area contributed by atoms with Gasteiger partial charge in [0.05, 0.1) is 11.9 Å². The molecular weight excluding hydrogens is 236 g/mol. The van der Waals surface area contributed by atoms with Crippen molar-refractivity contribution in [1.29, 1.82) is 0 Å². The van der Waals surface area contributed by atoms with Crippen molar-refractivity contribution in [3.05, 3.63) is 53.3 Å². The number of benzene rings is 1. The van der Waals surface area contributed by atoms with E-state index < -0.39 is 0 Å². The molecule has 88 valence electrons. The number of anilines is 1. The van der Waals surface area contributed by atoms with Crippen molar-refractivity contribution < 1.29 is 5.11 Å². The zero-order chi connectivity index (χ0) is 12.3. The molecule has 0 bridgehead atoms. The topological polar surface area (TPSA) is 45.2 Å². The van der Waals surface area contributed by atoms with Crippen molar-refractivity contribution in [3.8, 4) is 5.75 Å². The van der Waals surface area contributed by atoms with E-state index in [0.29, 0.717) is 5.15 Å². The lowest BCUT2D eigenvalue weighted by molar-refractivity contribution is 0.475. The molecule has 1 atom stereocenters. The van der Waals surface area contributed by atoms with Crippen LogP contribution < -0.4 is 5.32 Å². The zero-order valence-electron chi connectivity index (χ0n) is 9.39. The molecule has 0 amide bonds. The van der Waals surface area contributed by atoms with E-state index in [0.717, 1.165) is 11.3 Å². The van der Waals surface area contributed by atoms with Gasteiger partial charge in [0.25, 0.3) is 0 Å². The molecule has 1 unspecified atom stereocenters. The Balaban J connectivity index is 2.08. The molecule has 4 heteroatoms. The minimum Gasteiger partial charge on any atom is -0.508 e. The molecule has 1 heterocycles. The maximum absolute atomic E-state index is 9.21. The molecule has 0 aliphatic rings. The summed E-state index contributed by atoms with van der Waals surface area (Å²) in [5.74, 6) is 0.272. The second kappa shape index (κ2) is 5.06. The standard InChI is InChI=1S/C13H13ClN2O/c1-9(10-2-5-12(17)6-3-10)16-11-4-7-13(14)15-8-11/h2-9,16-17H,1H3. The first kappa shape index (κ1) is 11.7. The van der Waals surface area contributed by atoms with Gasteiger partial charge in [-0.3, -0.25) is 0 Å². The highest BCUT2D eigenvalue weighted by atomic mass is 35.5. The maximum Gasteiger partial charge on any atom is 0.129 e. The van der Waals surface area contributed by atoms with Gasteiger partial charge in [0.2, 0.25) is 0 Å². The Morgan fingerprint density at radius 1 is 1.18 bits per heavy atom. The highest BCUT2D eigenvalue weighted by Crippen LogP contribution is 2.21. The molecule has 17 heavy (non-hydrogen) atoms. The Kier molecular flexibility index (Phi) is 3.49. The zero-order valence-corrected chi connectivity index (χ0v) is 10.1. The van der Waals surface area contributed by atoms with E-state index in [1.165, 1.54) is 0 Å². The second-order valence-electron chi connectivity index (χ2n) is 3.83. The average Bonchev–Trinajstić information content (AvgIpc) is 2.33. The van der Waals surface area contributed by atoms with Gasteiger partial charge in [0.1, 0.15) is 10.9 Å². The van der Waals surface area contributed by atoms with Crippen LogP contribution in [-0.4, -0.2) is 10.1 Å². The first-order valence-electron chi connectivity index (χ1n) is 5.32. The van der Waals surface area contributed by atoms with Gasteiger partial charge in [-0.1, -0.05) is 23.7 Å². The highest BCUT2D eigenvalue weighted by molar-refractivity contribution is 6.29. The van der Waals surface area contributed by atoms with Crippen molar-refractivity contribution >= 4 is 17.3 Å². The minimum atomic E-state index is 0.138. The van der Waals surface area contributed by atoms with Gasteiger partial charge in [-0.05, 0) is 36.8 Å². The van der Waals surface area contributed by atoms with Crippen LogP contribution in [0.1, 0.15) is 18.5 Å². The number of hydrogen-bond acceptors (Lipinski definition) is 3. The van der Waals surface area contributed by atoms with Crippen LogP contribution >= 0.6 is 11.6 Å². The molecule has 3 nitrogen and oxygen atoms in total. The molecular formula is C13H13ClN2O. The van der Waals surface area contributed by atoms with Crippen LogP contribution in [0.15, 0.2) is 42.6 Å². The van der Waals surface area contributed by atoms with Crippen LogP contribution in [0.4, 0.5) is 5.69 Å². The van der Waals surface area contributed by atoms with Gasteiger partial charge in [0.15, 0.2) is 0 Å². The summed E-state index contributed by atoms with van der Waals surface area (Å²) in [6.07, 6.45) is 1.69. The van der Waals surface area contributed by atoms with E-state index in [4.69, 9.17) is 11.6 Å². The third-order valence-electron chi connectivity index (χ3n) is 2.50. The van der Waals surface area contributed by atoms with Crippen molar-refractivity contribution in [3.63, 3.8) is 0 Å². The van der Waals surface area contributed by atoms with E-state index >= 15 is 0 Å². The number of phenolic OH excluding ortho intramolecular Hbond substituents is 1. The Morgan fingerprint density at radius 2 is 1.88 bits per heavy atom. The molecule has 2 rings (SSSR count).